The van der Waals surface area contributed by atoms with E-state index >= 15 is 0 Å². The van der Waals surface area contributed by atoms with Crippen molar-refractivity contribution >= 4 is 29.6 Å². The highest BCUT2D eigenvalue weighted by atomic mass is 32.1. The maximum atomic E-state index is 10.9. The number of nitrogens with zero attached hydrogens (tertiary/aromatic N) is 1. The van der Waals surface area contributed by atoms with Crippen LogP contribution in [0.5, 0.6) is 5.75 Å². The number of nitrogens with one attached hydrogen (secondary N) is 1. The van der Waals surface area contributed by atoms with Gasteiger partial charge in [0, 0.05) is 25.1 Å². The second kappa shape index (κ2) is 5.35. The van der Waals surface area contributed by atoms with Gasteiger partial charge < -0.3 is 10.1 Å². The third kappa shape index (κ3) is 2.61. The summed E-state index contributed by atoms with van der Waals surface area (Å²) in [5, 5.41) is 3.90. The molecule has 1 aromatic carbocycles. The minimum atomic E-state index is -0.0119. The number of hydrogen-bond donors (Lipinski definition) is 2. The number of methoxy groups -OCH3 is 1. The van der Waals surface area contributed by atoms with Gasteiger partial charge in [0.05, 0.1) is 12.6 Å². The van der Waals surface area contributed by atoms with E-state index in [9.17, 15) is 4.79 Å². The van der Waals surface area contributed by atoms with Crippen LogP contribution in [0.4, 0.5) is 0 Å². The van der Waals surface area contributed by atoms with Crippen LogP contribution in [0.3, 0.4) is 0 Å². The van der Waals surface area contributed by atoms with Crippen LogP contribution in [0.15, 0.2) is 24.4 Å². The molecule has 1 heterocycles. The lowest BCUT2D eigenvalue weighted by atomic mass is 10.1. The average Bonchev–Trinajstić information content (AvgIpc) is 2.65. The van der Waals surface area contributed by atoms with E-state index < -0.39 is 0 Å². The summed E-state index contributed by atoms with van der Waals surface area (Å²) in [6.07, 6.45) is 2.74. The Morgan fingerprint density at radius 1 is 1.50 bits per heavy atom. The molecular weight excluding hydrogens is 248 g/mol. The third-order valence-corrected chi connectivity index (χ3v) is 3.17. The maximum absolute atomic E-state index is 10.9. The van der Waals surface area contributed by atoms with Gasteiger partial charge in [-0.2, -0.15) is 0 Å². The lowest BCUT2D eigenvalue weighted by molar-refractivity contribution is -0.118. The van der Waals surface area contributed by atoms with Crippen LogP contribution in [0.25, 0.3) is 10.9 Å². The van der Waals surface area contributed by atoms with Gasteiger partial charge in [-0.25, -0.2) is 0 Å². The molecular formula is C13H16N2O2S. The second-order valence-electron chi connectivity index (χ2n) is 4.11. The number of aromatic nitrogens is 1. The monoisotopic (exact) mass is 264 g/mol. The Morgan fingerprint density at radius 3 is 2.94 bits per heavy atom. The molecule has 0 saturated heterocycles. The molecule has 0 aliphatic rings. The van der Waals surface area contributed by atoms with Crippen molar-refractivity contribution in [1.29, 1.82) is 0 Å². The van der Waals surface area contributed by atoms with Gasteiger partial charge in [0.25, 0.3) is 0 Å². The van der Waals surface area contributed by atoms with Crippen LogP contribution in [0.2, 0.25) is 0 Å². The van der Waals surface area contributed by atoms with Crippen LogP contribution in [-0.2, 0) is 11.2 Å². The van der Waals surface area contributed by atoms with E-state index in [4.69, 9.17) is 4.74 Å². The summed E-state index contributed by atoms with van der Waals surface area (Å²) in [5.41, 5.74) is 2.18. The van der Waals surface area contributed by atoms with Gasteiger partial charge in [-0.1, -0.05) is 12.8 Å². The molecule has 0 bridgehead atoms. The lowest BCUT2D eigenvalue weighted by Gasteiger charge is -2.03. The maximum Gasteiger partial charge on any atom is 0.216 e. The van der Waals surface area contributed by atoms with Crippen LogP contribution in [0.1, 0.15) is 12.5 Å². The number of amides is 1. The molecule has 18 heavy (non-hydrogen) atoms. The van der Waals surface area contributed by atoms with Crippen molar-refractivity contribution in [2.45, 2.75) is 13.3 Å². The molecule has 0 spiro atoms. The molecule has 5 heteroatoms. The molecule has 1 N–H and O–H groups in total. The molecule has 0 unspecified atom stereocenters. The fourth-order valence-corrected chi connectivity index (χ4v) is 2.27. The summed E-state index contributed by atoms with van der Waals surface area (Å²) in [5.74, 6) is 0.810. The number of benzene rings is 1. The van der Waals surface area contributed by atoms with E-state index in [1.54, 1.807) is 11.1 Å². The normalized spacial score (nSPS) is 10.6. The van der Waals surface area contributed by atoms with Crippen molar-refractivity contribution in [3.63, 3.8) is 0 Å². The van der Waals surface area contributed by atoms with Gasteiger partial charge in [0.1, 0.15) is 5.75 Å². The second-order valence-corrected chi connectivity index (χ2v) is 4.55. The first-order chi connectivity index (χ1) is 8.61. The molecule has 0 saturated carbocycles. The summed E-state index contributed by atoms with van der Waals surface area (Å²) in [4.78, 5) is 10.9. The summed E-state index contributed by atoms with van der Waals surface area (Å²) in [6, 6.07) is 5.88. The van der Waals surface area contributed by atoms with E-state index in [2.05, 4.69) is 18.1 Å². The van der Waals surface area contributed by atoms with Crippen molar-refractivity contribution in [1.82, 2.24) is 9.29 Å². The molecule has 0 radical (unpaired) electrons. The number of rotatable bonds is 4. The van der Waals surface area contributed by atoms with E-state index in [1.165, 1.54) is 6.92 Å². The van der Waals surface area contributed by atoms with E-state index in [0.29, 0.717) is 6.54 Å². The Bertz CT molecular complexity index is 578. The number of fused-ring (bicyclic) bond motifs is 1. The summed E-state index contributed by atoms with van der Waals surface area (Å²) in [7, 11) is 1.65. The quantitative estimate of drug-likeness (QED) is 0.830. The smallest absolute Gasteiger partial charge is 0.216 e. The Labute approximate surface area is 111 Å². The number of hydrogen-bond acceptors (Lipinski definition) is 3. The molecule has 0 aliphatic heterocycles. The zero-order chi connectivity index (χ0) is 13.1. The minimum absolute atomic E-state index is 0.0119. The standard InChI is InChI=1S/C13H16N2O2S/c1-9(16)14-6-5-10-8-15(18)13-4-3-11(17-2)7-12(10)13/h3-4,7-8,18H,5-6H2,1-2H3,(H,14,16). The molecule has 4 nitrogen and oxygen atoms in total. The number of thiol groups is 1. The molecule has 1 aromatic heterocycles. The van der Waals surface area contributed by atoms with Crippen LogP contribution in [-0.4, -0.2) is 23.5 Å². The largest absolute Gasteiger partial charge is 0.497 e. The first kappa shape index (κ1) is 12.8. The fraction of sp³-hybridized carbons (Fsp3) is 0.308. The SMILES string of the molecule is COc1ccc2c(c1)c(CCNC(C)=O)cn2S. The zero-order valence-electron chi connectivity index (χ0n) is 10.4. The molecule has 0 fully saturated rings. The molecule has 0 aliphatic carbocycles. The molecule has 2 aromatic rings. The summed E-state index contributed by atoms with van der Waals surface area (Å²) in [6.45, 7) is 2.14. The Hall–Kier alpha value is -1.62. The van der Waals surface area contributed by atoms with Crippen molar-refractivity contribution in [3.05, 3.63) is 30.0 Å². The summed E-state index contributed by atoms with van der Waals surface area (Å²) >= 11 is 4.39. The van der Waals surface area contributed by atoms with E-state index in [0.717, 1.165) is 28.6 Å². The number of ether oxygens (including phenoxy) is 1. The van der Waals surface area contributed by atoms with Crippen LogP contribution in [0, 0.1) is 0 Å². The minimum Gasteiger partial charge on any atom is -0.497 e. The number of carbonyl (C=O) groups is 1. The van der Waals surface area contributed by atoms with Crippen molar-refractivity contribution in [3.8, 4) is 5.75 Å². The Kier molecular flexibility index (Phi) is 3.81. The van der Waals surface area contributed by atoms with Gasteiger partial charge in [0.15, 0.2) is 0 Å². The van der Waals surface area contributed by atoms with E-state index in [-0.39, 0.29) is 5.91 Å². The Balaban J connectivity index is 2.28. The lowest BCUT2D eigenvalue weighted by Crippen LogP contribution is -2.22. The summed E-state index contributed by atoms with van der Waals surface area (Å²) < 4.78 is 7.01. The van der Waals surface area contributed by atoms with Crippen molar-refractivity contribution < 1.29 is 9.53 Å². The van der Waals surface area contributed by atoms with E-state index in [1.807, 2.05) is 24.4 Å². The van der Waals surface area contributed by atoms with Crippen LogP contribution < -0.4 is 10.1 Å². The first-order valence-corrected chi connectivity index (χ1v) is 6.13. The highest BCUT2D eigenvalue weighted by Crippen LogP contribution is 2.26. The predicted molar refractivity (Wildman–Crippen MR) is 75.3 cm³/mol. The highest BCUT2D eigenvalue weighted by Gasteiger charge is 2.08. The molecule has 1 amide bonds. The van der Waals surface area contributed by atoms with Gasteiger partial charge >= 0.3 is 0 Å². The highest BCUT2D eigenvalue weighted by molar-refractivity contribution is 7.78. The zero-order valence-corrected chi connectivity index (χ0v) is 11.3. The van der Waals surface area contributed by atoms with Crippen LogP contribution >= 0.6 is 12.8 Å². The van der Waals surface area contributed by atoms with Gasteiger partial charge in [0.2, 0.25) is 5.91 Å². The topological polar surface area (TPSA) is 43.3 Å². The van der Waals surface area contributed by atoms with Crippen molar-refractivity contribution in [2.75, 3.05) is 13.7 Å². The Morgan fingerprint density at radius 2 is 2.28 bits per heavy atom. The van der Waals surface area contributed by atoms with Gasteiger partial charge in [-0.15, -0.1) is 0 Å². The number of carbonyl (C=O) groups excluding carboxylic acids is 1. The first-order valence-electron chi connectivity index (χ1n) is 5.73. The van der Waals surface area contributed by atoms with Crippen molar-refractivity contribution in [2.24, 2.45) is 0 Å². The van der Waals surface area contributed by atoms with Gasteiger partial charge in [-0.3, -0.25) is 8.77 Å². The average molecular weight is 264 g/mol. The molecule has 0 atom stereocenters. The predicted octanol–water partition coefficient (Wildman–Crippen LogP) is 2.02. The molecule has 96 valence electrons. The van der Waals surface area contributed by atoms with Gasteiger partial charge in [-0.05, 0) is 30.2 Å². The third-order valence-electron chi connectivity index (χ3n) is 2.84. The fourth-order valence-electron chi connectivity index (χ4n) is 1.96. The molecule has 2 rings (SSSR count).